The number of benzene rings is 1. The summed E-state index contributed by atoms with van der Waals surface area (Å²) < 4.78 is 0. The standard InChI is InChI=1S/C14H15N3/c1-15-14-11-8-5-9-12(11)16-13(17-14)10-6-3-2-4-7-10/h2-4,6-7H,5,8-9H2,1H3,(H,15,16,17). The minimum atomic E-state index is 0.829. The summed E-state index contributed by atoms with van der Waals surface area (Å²) in [6.45, 7) is 0. The summed E-state index contributed by atoms with van der Waals surface area (Å²) >= 11 is 0. The number of aryl methyl sites for hydroxylation is 1. The van der Waals surface area contributed by atoms with Gasteiger partial charge in [-0.25, -0.2) is 9.97 Å². The summed E-state index contributed by atoms with van der Waals surface area (Å²) in [6.07, 6.45) is 3.36. The summed E-state index contributed by atoms with van der Waals surface area (Å²) in [6, 6.07) is 10.2. The molecule has 0 spiro atoms. The molecular formula is C14H15N3. The number of rotatable bonds is 2. The predicted molar refractivity (Wildman–Crippen MR) is 69.0 cm³/mol. The van der Waals surface area contributed by atoms with Crippen LogP contribution < -0.4 is 5.32 Å². The third kappa shape index (κ3) is 1.78. The van der Waals surface area contributed by atoms with E-state index in [4.69, 9.17) is 0 Å². The summed E-state index contributed by atoms with van der Waals surface area (Å²) in [7, 11) is 1.93. The molecule has 0 atom stereocenters. The van der Waals surface area contributed by atoms with Crippen LogP contribution in [-0.4, -0.2) is 17.0 Å². The van der Waals surface area contributed by atoms with Gasteiger partial charge in [0, 0.05) is 23.9 Å². The van der Waals surface area contributed by atoms with Crippen molar-refractivity contribution in [3.05, 3.63) is 41.6 Å². The molecule has 3 rings (SSSR count). The van der Waals surface area contributed by atoms with Gasteiger partial charge >= 0.3 is 0 Å². The molecule has 0 saturated heterocycles. The Morgan fingerprint density at radius 3 is 2.65 bits per heavy atom. The first kappa shape index (κ1) is 10.3. The van der Waals surface area contributed by atoms with E-state index < -0.39 is 0 Å². The normalized spacial score (nSPS) is 13.5. The first-order valence-corrected chi connectivity index (χ1v) is 6.01. The van der Waals surface area contributed by atoms with E-state index in [9.17, 15) is 0 Å². The van der Waals surface area contributed by atoms with E-state index in [2.05, 4.69) is 27.4 Å². The van der Waals surface area contributed by atoms with Gasteiger partial charge in [0.2, 0.25) is 0 Å². The Morgan fingerprint density at radius 2 is 1.88 bits per heavy atom. The summed E-state index contributed by atoms with van der Waals surface area (Å²) in [5.41, 5.74) is 3.59. The van der Waals surface area contributed by atoms with Gasteiger partial charge in [-0.1, -0.05) is 30.3 Å². The van der Waals surface area contributed by atoms with Crippen LogP contribution in [0.25, 0.3) is 11.4 Å². The molecule has 3 heteroatoms. The molecule has 1 heterocycles. The van der Waals surface area contributed by atoms with E-state index in [0.717, 1.165) is 30.0 Å². The van der Waals surface area contributed by atoms with E-state index >= 15 is 0 Å². The Morgan fingerprint density at radius 1 is 1.06 bits per heavy atom. The molecule has 0 amide bonds. The SMILES string of the molecule is CNc1nc(-c2ccccc2)nc2c1CCC2. The van der Waals surface area contributed by atoms with Gasteiger partial charge in [-0.05, 0) is 19.3 Å². The molecule has 86 valence electrons. The molecule has 0 bridgehead atoms. The average molecular weight is 225 g/mol. The summed E-state index contributed by atoms with van der Waals surface area (Å²) in [4.78, 5) is 9.29. The van der Waals surface area contributed by atoms with E-state index in [0.29, 0.717) is 0 Å². The van der Waals surface area contributed by atoms with E-state index in [-0.39, 0.29) is 0 Å². The highest BCUT2D eigenvalue weighted by atomic mass is 15.0. The summed E-state index contributed by atoms with van der Waals surface area (Å²) in [5, 5.41) is 3.19. The van der Waals surface area contributed by atoms with Crippen LogP contribution in [0.15, 0.2) is 30.3 Å². The number of anilines is 1. The number of hydrogen-bond acceptors (Lipinski definition) is 3. The van der Waals surface area contributed by atoms with Crippen molar-refractivity contribution >= 4 is 5.82 Å². The lowest BCUT2D eigenvalue weighted by molar-refractivity contribution is 0.900. The minimum absolute atomic E-state index is 0.829. The highest BCUT2D eigenvalue weighted by molar-refractivity contribution is 5.60. The molecule has 1 aliphatic carbocycles. The predicted octanol–water partition coefficient (Wildman–Crippen LogP) is 2.67. The zero-order chi connectivity index (χ0) is 11.7. The van der Waals surface area contributed by atoms with Crippen molar-refractivity contribution in [3.63, 3.8) is 0 Å². The highest BCUT2D eigenvalue weighted by Gasteiger charge is 2.18. The van der Waals surface area contributed by atoms with Crippen LogP contribution >= 0.6 is 0 Å². The summed E-state index contributed by atoms with van der Waals surface area (Å²) in [5.74, 6) is 1.82. The average Bonchev–Trinajstić information content (AvgIpc) is 2.86. The topological polar surface area (TPSA) is 37.8 Å². The van der Waals surface area contributed by atoms with Crippen LogP contribution in [0, 0.1) is 0 Å². The Labute approximate surface area is 101 Å². The number of hydrogen-bond donors (Lipinski definition) is 1. The van der Waals surface area contributed by atoms with E-state index in [1.54, 1.807) is 0 Å². The number of nitrogens with zero attached hydrogens (tertiary/aromatic N) is 2. The first-order chi connectivity index (χ1) is 8.38. The Kier molecular flexibility index (Phi) is 2.52. The molecule has 1 N–H and O–H groups in total. The van der Waals surface area contributed by atoms with Crippen molar-refractivity contribution in [3.8, 4) is 11.4 Å². The van der Waals surface area contributed by atoms with Crippen molar-refractivity contribution in [2.75, 3.05) is 12.4 Å². The second-order valence-corrected chi connectivity index (χ2v) is 4.29. The van der Waals surface area contributed by atoms with Gasteiger partial charge in [0.15, 0.2) is 5.82 Å². The van der Waals surface area contributed by atoms with Crippen LogP contribution in [0.4, 0.5) is 5.82 Å². The van der Waals surface area contributed by atoms with Gasteiger partial charge in [0.1, 0.15) is 5.82 Å². The smallest absolute Gasteiger partial charge is 0.161 e. The van der Waals surface area contributed by atoms with Gasteiger partial charge in [-0.2, -0.15) is 0 Å². The molecular weight excluding hydrogens is 210 g/mol. The third-order valence-corrected chi connectivity index (χ3v) is 3.20. The Balaban J connectivity index is 2.13. The van der Waals surface area contributed by atoms with Gasteiger partial charge in [-0.15, -0.1) is 0 Å². The fourth-order valence-electron chi connectivity index (χ4n) is 2.36. The molecule has 2 aromatic rings. The van der Waals surface area contributed by atoms with Crippen LogP contribution in [0.5, 0.6) is 0 Å². The van der Waals surface area contributed by atoms with Crippen molar-refractivity contribution < 1.29 is 0 Å². The number of fused-ring (bicyclic) bond motifs is 1. The lowest BCUT2D eigenvalue weighted by atomic mass is 10.2. The zero-order valence-electron chi connectivity index (χ0n) is 9.90. The largest absolute Gasteiger partial charge is 0.373 e. The fraction of sp³-hybridized carbons (Fsp3) is 0.286. The third-order valence-electron chi connectivity index (χ3n) is 3.20. The zero-order valence-corrected chi connectivity index (χ0v) is 9.90. The maximum Gasteiger partial charge on any atom is 0.161 e. The molecule has 1 aromatic carbocycles. The first-order valence-electron chi connectivity index (χ1n) is 6.01. The quantitative estimate of drug-likeness (QED) is 0.853. The molecule has 0 fully saturated rings. The van der Waals surface area contributed by atoms with Crippen LogP contribution in [0.1, 0.15) is 17.7 Å². The van der Waals surface area contributed by atoms with Gasteiger partial charge in [-0.3, -0.25) is 0 Å². The second kappa shape index (κ2) is 4.17. The second-order valence-electron chi connectivity index (χ2n) is 4.29. The molecule has 3 nitrogen and oxygen atoms in total. The van der Waals surface area contributed by atoms with Crippen molar-refractivity contribution in [1.82, 2.24) is 9.97 Å². The highest BCUT2D eigenvalue weighted by Crippen LogP contribution is 2.28. The van der Waals surface area contributed by atoms with Crippen molar-refractivity contribution in [1.29, 1.82) is 0 Å². The van der Waals surface area contributed by atoms with Crippen LogP contribution in [0.3, 0.4) is 0 Å². The van der Waals surface area contributed by atoms with Crippen molar-refractivity contribution in [2.24, 2.45) is 0 Å². The Hall–Kier alpha value is -1.90. The number of nitrogens with one attached hydrogen (secondary N) is 1. The Bertz CT molecular complexity index is 535. The maximum atomic E-state index is 4.68. The molecule has 1 aliphatic rings. The lowest BCUT2D eigenvalue weighted by Gasteiger charge is -2.09. The van der Waals surface area contributed by atoms with Crippen LogP contribution in [0.2, 0.25) is 0 Å². The van der Waals surface area contributed by atoms with Gasteiger partial charge < -0.3 is 5.32 Å². The number of aromatic nitrogens is 2. The van der Waals surface area contributed by atoms with E-state index in [1.165, 1.54) is 17.7 Å². The monoisotopic (exact) mass is 225 g/mol. The molecule has 0 saturated carbocycles. The molecule has 0 unspecified atom stereocenters. The van der Waals surface area contributed by atoms with Crippen molar-refractivity contribution in [2.45, 2.75) is 19.3 Å². The van der Waals surface area contributed by atoms with E-state index in [1.807, 2.05) is 25.2 Å². The molecule has 17 heavy (non-hydrogen) atoms. The van der Waals surface area contributed by atoms with Gasteiger partial charge in [0.05, 0.1) is 0 Å². The molecule has 1 aromatic heterocycles. The lowest BCUT2D eigenvalue weighted by Crippen LogP contribution is -2.03. The maximum absolute atomic E-state index is 4.68. The van der Waals surface area contributed by atoms with Gasteiger partial charge in [0.25, 0.3) is 0 Å². The molecule has 0 radical (unpaired) electrons. The minimum Gasteiger partial charge on any atom is -0.373 e. The fourth-order valence-corrected chi connectivity index (χ4v) is 2.36. The molecule has 0 aliphatic heterocycles. The van der Waals surface area contributed by atoms with Crippen LogP contribution in [-0.2, 0) is 12.8 Å².